The van der Waals surface area contributed by atoms with Crippen molar-refractivity contribution in [1.82, 2.24) is 5.01 Å². The van der Waals surface area contributed by atoms with E-state index in [0.717, 1.165) is 17.7 Å². The summed E-state index contributed by atoms with van der Waals surface area (Å²) in [7, 11) is 4.12. The molecular weight excluding hydrogens is 260 g/mol. The predicted octanol–water partition coefficient (Wildman–Crippen LogP) is 3.34. The number of quaternary nitrogens is 1. The molecule has 0 saturated heterocycles. The third-order valence-electron chi connectivity index (χ3n) is 3.86. The lowest BCUT2D eigenvalue weighted by molar-refractivity contribution is -0.990. The minimum absolute atomic E-state index is 0.0614. The van der Waals surface area contributed by atoms with Crippen LogP contribution < -0.4 is 0 Å². The van der Waals surface area contributed by atoms with Gasteiger partial charge in [-0.05, 0) is 24.6 Å². The van der Waals surface area contributed by atoms with Crippen molar-refractivity contribution in [3.63, 3.8) is 0 Å². The van der Waals surface area contributed by atoms with Gasteiger partial charge < -0.3 is 0 Å². The fourth-order valence-electron chi connectivity index (χ4n) is 2.17. The zero-order valence-electron chi connectivity index (χ0n) is 13.0. The fraction of sp³-hybridized carbons (Fsp3) is 0.278. The second-order valence-electron chi connectivity index (χ2n) is 5.65. The monoisotopic (exact) mass is 283 g/mol. The number of hydrogen-bond acceptors (Lipinski definition) is 1. The van der Waals surface area contributed by atoms with Crippen LogP contribution in [0, 0.1) is 0 Å². The number of amides is 1. The van der Waals surface area contributed by atoms with E-state index < -0.39 is 0 Å². The van der Waals surface area contributed by atoms with Crippen molar-refractivity contribution >= 4 is 5.91 Å². The Balaban J connectivity index is 2.31. The van der Waals surface area contributed by atoms with Crippen LogP contribution in [0.15, 0.2) is 60.7 Å². The topological polar surface area (TPSA) is 20.3 Å². The van der Waals surface area contributed by atoms with Gasteiger partial charge in [-0.15, -0.1) is 0 Å². The third-order valence-corrected chi connectivity index (χ3v) is 3.86. The van der Waals surface area contributed by atoms with Gasteiger partial charge in [0.2, 0.25) is 0 Å². The van der Waals surface area contributed by atoms with Gasteiger partial charge in [-0.2, -0.15) is 5.01 Å². The highest BCUT2D eigenvalue weighted by molar-refractivity contribution is 5.93. The lowest BCUT2D eigenvalue weighted by atomic mass is 10.2. The van der Waals surface area contributed by atoms with Crippen molar-refractivity contribution in [2.75, 3.05) is 20.6 Å². The van der Waals surface area contributed by atoms with E-state index in [1.54, 1.807) is 0 Å². The molecule has 0 aromatic heterocycles. The third kappa shape index (κ3) is 3.70. The lowest BCUT2D eigenvalue weighted by Crippen LogP contribution is -2.56. The molecule has 0 aliphatic rings. The van der Waals surface area contributed by atoms with Crippen LogP contribution in [0.5, 0.6) is 0 Å². The van der Waals surface area contributed by atoms with Gasteiger partial charge in [0.05, 0.1) is 27.2 Å². The minimum atomic E-state index is 0.0614. The van der Waals surface area contributed by atoms with Gasteiger partial charge in [0.15, 0.2) is 0 Å². The summed E-state index contributed by atoms with van der Waals surface area (Å²) in [5.74, 6) is 0.0614. The Kier molecular flexibility index (Phi) is 4.76. The Hall–Kier alpha value is -2.13. The highest BCUT2D eigenvalue weighted by Crippen LogP contribution is 2.16. The van der Waals surface area contributed by atoms with Crippen LogP contribution >= 0.6 is 0 Å². The zero-order chi connectivity index (χ0) is 15.3. The average Bonchev–Trinajstić information content (AvgIpc) is 2.53. The van der Waals surface area contributed by atoms with E-state index in [1.165, 1.54) is 0 Å². The van der Waals surface area contributed by atoms with Crippen molar-refractivity contribution in [2.45, 2.75) is 13.5 Å². The number of benzene rings is 2. The summed E-state index contributed by atoms with van der Waals surface area (Å²) in [6, 6.07) is 19.6. The summed E-state index contributed by atoms with van der Waals surface area (Å²) in [4.78, 5) is 12.9. The SMILES string of the molecule is CC[N+](C)(C)N(Cc1ccccc1)C(=O)c1ccccc1. The standard InChI is InChI=1S/C18H23N2O/c1-4-20(2,3)19(15-16-11-7-5-8-12-16)18(21)17-13-9-6-10-14-17/h5-14H,4,15H2,1-3H3/q+1. The van der Waals surface area contributed by atoms with Gasteiger partial charge >= 0.3 is 0 Å². The molecule has 0 aliphatic carbocycles. The van der Waals surface area contributed by atoms with E-state index in [9.17, 15) is 4.79 Å². The Morgan fingerprint density at radius 2 is 1.48 bits per heavy atom. The van der Waals surface area contributed by atoms with Crippen molar-refractivity contribution in [3.8, 4) is 0 Å². The van der Waals surface area contributed by atoms with Crippen LogP contribution in [-0.4, -0.2) is 36.1 Å². The largest absolute Gasteiger partial charge is 0.299 e. The molecule has 0 heterocycles. The first kappa shape index (κ1) is 15.3. The zero-order valence-corrected chi connectivity index (χ0v) is 13.0. The van der Waals surface area contributed by atoms with Crippen LogP contribution in [0.1, 0.15) is 22.8 Å². The van der Waals surface area contributed by atoms with Crippen molar-refractivity contribution in [3.05, 3.63) is 71.8 Å². The fourth-order valence-corrected chi connectivity index (χ4v) is 2.17. The molecule has 0 bridgehead atoms. The molecule has 0 radical (unpaired) electrons. The Bertz CT molecular complexity index is 579. The number of hydrogen-bond donors (Lipinski definition) is 0. The number of carbonyl (C=O) groups excluding carboxylic acids is 1. The van der Waals surface area contributed by atoms with Gasteiger partial charge in [0.25, 0.3) is 5.91 Å². The first-order chi connectivity index (χ1) is 10.0. The van der Waals surface area contributed by atoms with Crippen LogP contribution in [0.4, 0.5) is 0 Å². The van der Waals surface area contributed by atoms with E-state index in [1.807, 2.05) is 53.5 Å². The molecule has 0 aliphatic heterocycles. The molecule has 0 fully saturated rings. The normalized spacial score (nSPS) is 11.2. The molecule has 1 amide bonds. The molecule has 2 rings (SSSR count). The summed E-state index contributed by atoms with van der Waals surface area (Å²) in [5.41, 5.74) is 1.87. The maximum atomic E-state index is 12.9. The molecule has 0 unspecified atom stereocenters. The molecule has 3 nitrogen and oxygen atoms in total. The molecule has 0 spiro atoms. The molecule has 110 valence electrons. The Morgan fingerprint density at radius 1 is 0.952 bits per heavy atom. The van der Waals surface area contributed by atoms with Crippen molar-refractivity contribution in [1.29, 1.82) is 0 Å². The van der Waals surface area contributed by atoms with E-state index in [2.05, 4.69) is 33.2 Å². The molecule has 0 atom stereocenters. The summed E-state index contributed by atoms with van der Waals surface area (Å²) >= 11 is 0. The summed E-state index contributed by atoms with van der Waals surface area (Å²) in [6.45, 7) is 3.55. The molecule has 0 N–H and O–H groups in total. The number of rotatable bonds is 5. The van der Waals surface area contributed by atoms with Gasteiger partial charge in [-0.25, -0.2) is 4.59 Å². The molecule has 0 saturated carbocycles. The van der Waals surface area contributed by atoms with Crippen molar-refractivity contribution in [2.24, 2.45) is 0 Å². The molecule has 21 heavy (non-hydrogen) atoms. The maximum absolute atomic E-state index is 12.9. The predicted molar refractivity (Wildman–Crippen MR) is 85.4 cm³/mol. The van der Waals surface area contributed by atoms with E-state index >= 15 is 0 Å². The Morgan fingerprint density at radius 3 is 2.00 bits per heavy atom. The molecule has 2 aromatic carbocycles. The summed E-state index contributed by atoms with van der Waals surface area (Å²) in [6.07, 6.45) is 0. The quantitative estimate of drug-likeness (QED) is 0.609. The van der Waals surface area contributed by atoms with Gasteiger partial charge in [0, 0.05) is 5.56 Å². The molecule has 3 heteroatoms. The van der Waals surface area contributed by atoms with Crippen LogP contribution in [0.25, 0.3) is 0 Å². The highest BCUT2D eigenvalue weighted by Gasteiger charge is 2.30. The van der Waals surface area contributed by atoms with Gasteiger partial charge in [-0.3, -0.25) is 4.79 Å². The van der Waals surface area contributed by atoms with Crippen molar-refractivity contribution < 1.29 is 9.39 Å². The lowest BCUT2D eigenvalue weighted by Gasteiger charge is -2.39. The first-order valence-corrected chi connectivity index (χ1v) is 7.29. The van der Waals surface area contributed by atoms with E-state index in [4.69, 9.17) is 0 Å². The second-order valence-corrected chi connectivity index (χ2v) is 5.65. The number of nitrogens with zero attached hydrogens (tertiary/aromatic N) is 2. The first-order valence-electron chi connectivity index (χ1n) is 7.29. The van der Waals surface area contributed by atoms with Crippen LogP contribution in [0.2, 0.25) is 0 Å². The summed E-state index contributed by atoms with van der Waals surface area (Å²) in [5, 5.41) is 1.91. The van der Waals surface area contributed by atoms with Gasteiger partial charge in [0.1, 0.15) is 0 Å². The van der Waals surface area contributed by atoms with Gasteiger partial charge in [-0.1, -0.05) is 48.5 Å². The average molecular weight is 283 g/mol. The highest BCUT2D eigenvalue weighted by atomic mass is 16.2. The summed E-state index contributed by atoms with van der Waals surface area (Å²) < 4.78 is 0.530. The van der Waals surface area contributed by atoms with Crippen LogP contribution in [0.3, 0.4) is 0 Å². The Labute approximate surface area is 127 Å². The van der Waals surface area contributed by atoms with Crippen LogP contribution in [-0.2, 0) is 6.54 Å². The molecular formula is C18H23N2O+. The van der Waals surface area contributed by atoms with E-state index in [-0.39, 0.29) is 5.91 Å². The smallest absolute Gasteiger partial charge is 0.264 e. The van der Waals surface area contributed by atoms with E-state index in [0.29, 0.717) is 11.1 Å². The second kappa shape index (κ2) is 6.55. The number of carbonyl (C=O) groups is 1. The maximum Gasteiger partial charge on any atom is 0.299 e. The minimum Gasteiger partial charge on any atom is -0.264 e. The molecule has 2 aromatic rings.